The molecule has 1 atom stereocenters. The van der Waals surface area contributed by atoms with Crippen LogP contribution in [0.2, 0.25) is 0 Å². The van der Waals surface area contributed by atoms with E-state index in [-0.39, 0.29) is 23.4 Å². The van der Waals surface area contributed by atoms with Crippen molar-refractivity contribution in [3.05, 3.63) is 51.6 Å². The van der Waals surface area contributed by atoms with Crippen LogP contribution in [0.15, 0.2) is 45.7 Å². The summed E-state index contributed by atoms with van der Waals surface area (Å²) in [5.41, 5.74) is 1.59. The first-order valence-electron chi connectivity index (χ1n) is 11.1. The number of piperidine rings is 1. The lowest BCUT2D eigenvalue weighted by Gasteiger charge is -2.32. The number of fused-ring (bicyclic) bond motifs is 1. The summed E-state index contributed by atoms with van der Waals surface area (Å²) in [6, 6.07) is 9.47. The largest absolute Gasteiger partial charge is 0.466 e. The normalized spacial score (nSPS) is 15.5. The van der Waals surface area contributed by atoms with E-state index in [9.17, 15) is 14.4 Å². The number of carbonyl (C=O) groups is 2. The minimum absolute atomic E-state index is 0.0147. The zero-order chi connectivity index (χ0) is 23.5. The number of likely N-dealkylation sites (tertiary alicyclic amines) is 1. The van der Waals surface area contributed by atoms with Crippen molar-refractivity contribution in [2.45, 2.75) is 44.0 Å². The minimum atomic E-state index is -0.427. The Balaban J connectivity index is 1.57. The first-order chi connectivity index (χ1) is 15.9. The first kappa shape index (κ1) is 23.5. The number of aromatic nitrogens is 2. The van der Waals surface area contributed by atoms with Gasteiger partial charge >= 0.3 is 5.97 Å². The van der Waals surface area contributed by atoms with Gasteiger partial charge in [-0.25, -0.2) is 4.98 Å². The lowest BCUT2D eigenvalue weighted by molar-refractivity contribution is -0.151. The van der Waals surface area contributed by atoms with Crippen molar-refractivity contribution in [2.75, 3.05) is 19.7 Å². The van der Waals surface area contributed by atoms with Gasteiger partial charge in [-0.05, 0) is 56.7 Å². The monoisotopic (exact) mass is 485 g/mol. The topological polar surface area (TPSA) is 81.5 Å². The highest BCUT2D eigenvalue weighted by Gasteiger charge is 2.31. The molecule has 0 bridgehead atoms. The van der Waals surface area contributed by atoms with Crippen molar-refractivity contribution in [3.63, 3.8) is 0 Å². The number of ether oxygens (including phenoxy) is 1. The molecule has 1 aliphatic rings. The van der Waals surface area contributed by atoms with E-state index in [1.54, 1.807) is 22.5 Å². The molecule has 7 nitrogen and oxygen atoms in total. The Labute approximate surface area is 200 Å². The Morgan fingerprint density at radius 1 is 1.24 bits per heavy atom. The number of carbonyl (C=O) groups excluding carboxylic acids is 2. The Kier molecular flexibility index (Phi) is 7.19. The molecule has 174 valence electrons. The van der Waals surface area contributed by atoms with E-state index in [0.717, 1.165) is 11.3 Å². The van der Waals surface area contributed by atoms with Gasteiger partial charge < -0.3 is 9.64 Å². The molecule has 1 aliphatic heterocycles. The molecule has 0 aliphatic carbocycles. The van der Waals surface area contributed by atoms with Crippen LogP contribution in [0.1, 0.15) is 32.3 Å². The summed E-state index contributed by atoms with van der Waals surface area (Å²) < 4.78 is 6.74. The van der Waals surface area contributed by atoms with Gasteiger partial charge in [0.25, 0.3) is 5.56 Å². The predicted octanol–water partition coefficient (Wildman–Crippen LogP) is 4.04. The Bertz CT molecular complexity index is 1230. The fourth-order valence-electron chi connectivity index (χ4n) is 4.06. The third-order valence-corrected chi connectivity index (χ3v) is 7.73. The van der Waals surface area contributed by atoms with Crippen molar-refractivity contribution < 1.29 is 14.3 Å². The van der Waals surface area contributed by atoms with Crippen LogP contribution in [0.5, 0.6) is 0 Å². The second-order valence-electron chi connectivity index (χ2n) is 8.07. The SMILES string of the molecule is CCOC(=O)C1CCN(C(=O)C(C)Sc2nc3sccc3c(=O)n2-c2ccccc2C)CC1. The molecule has 33 heavy (non-hydrogen) atoms. The van der Waals surface area contributed by atoms with Crippen LogP contribution >= 0.6 is 23.1 Å². The van der Waals surface area contributed by atoms with E-state index in [2.05, 4.69) is 0 Å². The number of esters is 1. The summed E-state index contributed by atoms with van der Waals surface area (Å²) in [5, 5.41) is 2.51. The van der Waals surface area contributed by atoms with Crippen molar-refractivity contribution in [2.24, 2.45) is 5.92 Å². The number of thiophene rings is 1. The quantitative estimate of drug-likeness (QED) is 0.298. The standard InChI is InChI=1S/C24H27N3O4S2/c1-4-31-23(30)17-9-12-26(13-10-17)21(28)16(3)33-24-25-20-18(11-14-32-20)22(29)27(24)19-8-6-5-7-15(19)2/h5-8,11,14,16-17H,4,9-10,12-13H2,1-3H3. The van der Waals surface area contributed by atoms with Gasteiger partial charge in [0.05, 0.1) is 28.8 Å². The number of aryl methyl sites for hydroxylation is 1. The summed E-state index contributed by atoms with van der Waals surface area (Å²) in [6.45, 7) is 7.02. The molecule has 1 aromatic carbocycles. The van der Waals surface area contributed by atoms with Gasteiger partial charge in [-0.1, -0.05) is 30.0 Å². The lowest BCUT2D eigenvalue weighted by atomic mass is 9.97. The van der Waals surface area contributed by atoms with E-state index >= 15 is 0 Å². The second kappa shape index (κ2) is 10.1. The second-order valence-corrected chi connectivity index (χ2v) is 10.3. The summed E-state index contributed by atoms with van der Waals surface area (Å²) in [7, 11) is 0. The van der Waals surface area contributed by atoms with Crippen LogP contribution in [0.3, 0.4) is 0 Å². The van der Waals surface area contributed by atoms with Gasteiger partial charge in [-0.15, -0.1) is 11.3 Å². The van der Waals surface area contributed by atoms with Crippen molar-refractivity contribution in [1.82, 2.24) is 14.5 Å². The number of rotatable bonds is 6. The molecule has 1 fully saturated rings. The van der Waals surface area contributed by atoms with Crippen LogP contribution in [0, 0.1) is 12.8 Å². The zero-order valence-electron chi connectivity index (χ0n) is 18.9. The molecule has 0 saturated carbocycles. The van der Waals surface area contributed by atoms with E-state index in [4.69, 9.17) is 9.72 Å². The molecule has 1 saturated heterocycles. The van der Waals surface area contributed by atoms with Crippen LogP contribution in [0.25, 0.3) is 15.9 Å². The summed E-state index contributed by atoms with van der Waals surface area (Å²) in [4.78, 5) is 45.8. The Morgan fingerprint density at radius 3 is 2.67 bits per heavy atom. The molecule has 0 radical (unpaired) electrons. The highest BCUT2D eigenvalue weighted by molar-refractivity contribution is 8.00. The first-order valence-corrected chi connectivity index (χ1v) is 12.8. The summed E-state index contributed by atoms with van der Waals surface area (Å²) >= 11 is 2.72. The number of benzene rings is 1. The highest BCUT2D eigenvalue weighted by atomic mass is 32.2. The summed E-state index contributed by atoms with van der Waals surface area (Å²) in [5.74, 6) is -0.340. The Hall–Kier alpha value is -2.65. The third-order valence-electron chi connectivity index (χ3n) is 5.88. The van der Waals surface area contributed by atoms with Gasteiger partial charge in [0, 0.05) is 13.1 Å². The highest BCUT2D eigenvalue weighted by Crippen LogP contribution is 2.29. The van der Waals surface area contributed by atoms with Crippen LogP contribution < -0.4 is 5.56 Å². The van der Waals surface area contributed by atoms with Crippen molar-refractivity contribution in [1.29, 1.82) is 0 Å². The average Bonchev–Trinajstić information content (AvgIpc) is 3.29. The van der Waals surface area contributed by atoms with Gasteiger partial charge in [0.1, 0.15) is 4.83 Å². The number of thioether (sulfide) groups is 1. The molecule has 1 unspecified atom stereocenters. The van der Waals surface area contributed by atoms with Crippen molar-refractivity contribution in [3.8, 4) is 5.69 Å². The van der Waals surface area contributed by atoms with Crippen LogP contribution in [-0.4, -0.2) is 51.3 Å². The lowest BCUT2D eigenvalue weighted by Crippen LogP contribution is -2.43. The van der Waals surface area contributed by atoms with Crippen molar-refractivity contribution >= 4 is 45.2 Å². The van der Waals surface area contributed by atoms with E-state index in [1.807, 2.05) is 43.5 Å². The molecular weight excluding hydrogens is 458 g/mol. The maximum atomic E-state index is 13.3. The molecule has 3 aromatic rings. The van der Waals surface area contributed by atoms with E-state index in [0.29, 0.717) is 47.9 Å². The number of amides is 1. The maximum absolute atomic E-state index is 13.3. The summed E-state index contributed by atoms with van der Waals surface area (Å²) in [6.07, 6.45) is 1.21. The zero-order valence-corrected chi connectivity index (χ0v) is 20.6. The number of hydrogen-bond acceptors (Lipinski definition) is 7. The fourth-order valence-corrected chi connectivity index (χ4v) is 5.87. The molecular formula is C24H27N3O4S2. The third kappa shape index (κ3) is 4.84. The molecule has 0 N–H and O–H groups in total. The van der Waals surface area contributed by atoms with Crippen LogP contribution in [-0.2, 0) is 14.3 Å². The molecule has 9 heteroatoms. The van der Waals surface area contributed by atoms with Gasteiger partial charge in [0.2, 0.25) is 5.91 Å². The molecule has 3 heterocycles. The fraction of sp³-hybridized carbons (Fsp3) is 0.417. The predicted molar refractivity (Wildman–Crippen MR) is 131 cm³/mol. The number of nitrogens with zero attached hydrogens (tertiary/aromatic N) is 3. The smallest absolute Gasteiger partial charge is 0.309 e. The number of para-hydroxylation sites is 1. The van der Waals surface area contributed by atoms with Gasteiger partial charge in [-0.3, -0.25) is 19.0 Å². The average molecular weight is 486 g/mol. The van der Waals surface area contributed by atoms with Crippen LogP contribution in [0.4, 0.5) is 0 Å². The maximum Gasteiger partial charge on any atom is 0.309 e. The molecule has 4 rings (SSSR count). The van der Waals surface area contributed by atoms with Gasteiger partial charge in [-0.2, -0.15) is 0 Å². The van der Waals surface area contributed by atoms with E-state index < -0.39 is 5.25 Å². The van der Waals surface area contributed by atoms with Gasteiger partial charge in [0.15, 0.2) is 5.16 Å². The Morgan fingerprint density at radius 2 is 1.97 bits per heavy atom. The molecule has 2 aromatic heterocycles. The van der Waals surface area contributed by atoms with E-state index in [1.165, 1.54) is 23.1 Å². The number of hydrogen-bond donors (Lipinski definition) is 0. The molecule has 1 amide bonds. The molecule has 0 spiro atoms. The minimum Gasteiger partial charge on any atom is -0.466 e.